The lowest BCUT2D eigenvalue weighted by atomic mass is 10.1. The first-order chi connectivity index (χ1) is 11.3. The first-order valence-electron chi connectivity index (χ1n) is 9.22. The van der Waals surface area contributed by atoms with Gasteiger partial charge in [-0.3, -0.25) is 0 Å². The van der Waals surface area contributed by atoms with Crippen LogP contribution in [0, 0.1) is 0 Å². The number of hydrogen-bond acceptors (Lipinski definition) is 2. The molecule has 0 amide bonds. The van der Waals surface area contributed by atoms with Crippen molar-refractivity contribution in [3.63, 3.8) is 0 Å². The maximum absolute atomic E-state index is 5.69. The molecule has 0 bridgehead atoms. The molecule has 0 N–H and O–H groups in total. The standard InChI is InChI=1S/C21H32O2/c1-3-5-7-8-9-11-15-19-21(23-19)17-13-12-16-20-18(22-20)14-10-6-4-2/h3,6,9-13,18-21H,1,4-5,7-8,14-17H2,2H3/b10-6-,11-9-,13-12-. The lowest BCUT2D eigenvalue weighted by molar-refractivity contribution is 0.369. The Kier molecular flexibility index (Phi) is 8.41. The van der Waals surface area contributed by atoms with Crippen LogP contribution in [0.15, 0.2) is 49.1 Å². The quantitative estimate of drug-likeness (QED) is 0.254. The zero-order valence-corrected chi connectivity index (χ0v) is 14.5. The molecule has 2 aliphatic heterocycles. The van der Waals surface area contributed by atoms with Crippen LogP contribution in [0.5, 0.6) is 0 Å². The molecule has 0 aromatic rings. The fourth-order valence-electron chi connectivity index (χ4n) is 2.77. The minimum absolute atomic E-state index is 0.437. The fourth-order valence-corrected chi connectivity index (χ4v) is 2.77. The van der Waals surface area contributed by atoms with Gasteiger partial charge in [0.2, 0.25) is 0 Å². The highest BCUT2D eigenvalue weighted by atomic mass is 16.6. The van der Waals surface area contributed by atoms with Crippen molar-refractivity contribution >= 4 is 0 Å². The molecule has 2 saturated heterocycles. The van der Waals surface area contributed by atoms with E-state index in [0.717, 1.165) is 44.9 Å². The molecule has 0 aliphatic carbocycles. The zero-order valence-electron chi connectivity index (χ0n) is 14.5. The molecule has 23 heavy (non-hydrogen) atoms. The van der Waals surface area contributed by atoms with E-state index in [4.69, 9.17) is 9.47 Å². The van der Waals surface area contributed by atoms with E-state index in [1.54, 1.807) is 0 Å². The Morgan fingerprint density at radius 1 is 0.696 bits per heavy atom. The number of rotatable bonds is 13. The first-order valence-corrected chi connectivity index (χ1v) is 9.22. The molecular formula is C21H32O2. The topological polar surface area (TPSA) is 25.1 Å². The first kappa shape index (κ1) is 18.2. The Balaban J connectivity index is 1.44. The number of hydrogen-bond donors (Lipinski definition) is 0. The van der Waals surface area contributed by atoms with Gasteiger partial charge in [-0.15, -0.1) is 6.58 Å². The molecule has 2 rings (SSSR count). The SMILES string of the molecule is C=CCCC/C=C\CC1OC1C/C=C\CC1OC1C/C=C\CC. The second-order valence-corrected chi connectivity index (χ2v) is 6.41. The number of allylic oxidation sites excluding steroid dienone is 3. The third kappa shape index (κ3) is 7.81. The lowest BCUT2D eigenvalue weighted by Gasteiger charge is -1.90. The summed E-state index contributed by atoms with van der Waals surface area (Å²) >= 11 is 0. The molecule has 2 heteroatoms. The van der Waals surface area contributed by atoms with Crippen LogP contribution >= 0.6 is 0 Å². The molecule has 2 heterocycles. The van der Waals surface area contributed by atoms with Gasteiger partial charge in [0, 0.05) is 0 Å². The van der Waals surface area contributed by atoms with Crippen molar-refractivity contribution < 1.29 is 9.47 Å². The molecule has 0 aromatic heterocycles. The summed E-state index contributed by atoms with van der Waals surface area (Å²) in [4.78, 5) is 0. The fraction of sp³-hybridized carbons (Fsp3) is 0.619. The molecule has 2 aliphatic rings. The normalized spacial score (nSPS) is 29.8. The van der Waals surface area contributed by atoms with Crippen LogP contribution in [0.25, 0.3) is 0 Å². The molecule has 2 nitrogen and oxygen atoms in total. The van der Waals surface area contributed by atoms with Gasteiger partial charge in [0.1, 0.15) is 0 Å². The molecule has 128 valence electrons. The van der Waals surface area contributed by atoms with Gasteiger partial charge in [0.25, 0.3) is 0 Å². The molecule has 0 aromatic carbocycles. The van der Waals surface area contributed by atoms with Gasteiger partial charge in [0.15, 0.2) is 0 Å². The van der Waals surface area contributed by atoms with Gasteiger partial charge in [-0.1, -0.05) is 49.5 Å². The number of unbranched alkanes of at least 4 members (excludes halogenated alkanes) is 2. The van der Waals surface area contributed by atoms with Gasteiger partial charge >= 0.3 is 0 Å². The van der Waals surface area contributed by atoms with Crippen molar-refractivity contribution in [2.45, 2.75) is 82.7 Å². The summed E-state index contributed by atoms with van der Waals surface area (Å²) in [6.45, 7) is 5.90. The average Bonchev–Trinajstić information content (AvgIpc) is 3.45. The summed E-state index contributed by atoms with van der Waals surface area (Å²) in [5, 5.41) is 0. The second-order valence-electron chi connectivity index (χ2n) is 6.41. The summed E-state index contributed by atoms with van der Waals surface area (Å²) in [5.41, 5.74) is 0. The molecule has 0 radical (unpaired) electrons. The predicted octanol–water partition coefficient (Wildman–Crippen LogP) is 5.52. The van der Waals surface area contributed by atoms with Gasteiger partial charge in [-0.2, -0.15) is 0 Å². The van der Waals surface area contributed by atoms with Crippen molar-refractivity contribution in [3.05, 3.63) is 49.1 Å². The van der Waals surface area contributed by atoms with E-state index >= 15 is 0 Å². The summed E-state index contributed by atoms with van der Waals surface area (Å²) < 4.78 is 11.3. The smallest absolute Gasteiger partial charge is 0.0879 e. The monoisotopic (exact) mass is 316 g/mol. The van der Waals surface area contributed by atoms with Crippen LogP contribution < -0.4 is 0 Å². The highest BCUT2D eigenvalue weighted by Gasteiger charge is 2.37. The van der Waals surface area contributed by atoms with Gasteiger partial charge < -0.3 is 9.47 Å². The summed E-state index contributed by atoms with van der Waals surface area (Å²) in [5.74, 6) is 0. The Bertz CT molecular complexity index is 422. The van der Waals surface area contributed by atoms with Crippen molar-refractivity contribution in [1.29, 1.82) is 0 Å². The van der Waals surface area contributed by atoms with Crippen LogP contribution in [-0.4, -0.2) is 24.4 Å². The summed E-state index contributed by atoms with van der Waals surface area (Å²) in [6, 6.07) is 0. The van der Waals surface area contributed by atoms with Crippen molar-refractivity contribution in [1.82, 2.24) is 0 Å². The Morgan fingerprint density at radius 3 is 1.65 bits per heavy atom. The van der Waals surface area contributed by atoms with E-state index < -0.39 is 0 Å². The maximum atomic E-state index is 5.69. The zero-order chi connectivity index (χ0) is 16.3. The highest BCUT2D eigenvalue weighted by Crippen LogP contribution is 2.31. The van der Waals surface area contributed by atoms with Gasteiger partial charge in [-0.05, 0) is 51.4 Å². The van der Waals surface area contributed by atoms with Crippen molar-refractivity contribution in [2.75, 3.05) is 0 Å². The van der Waals surface area contributed by atoms with E-state index in [1.165, 1.54) is 6.42 Å². The molecule has 4 unspecified atom stereocenters. The van der Waals surface area contributed by atoms with E-state index in [9.17, 15) is 0 Å². The average molecular weight is 316 g/mol. The highest BCUT2D eigenvalue weighted by molar-refractivity contribution is 5.01. The number of ether oxygens (including phenoxy) is 2. The van der Waals surface area contributed by atoms with E-state index in [1.807, 2.05) is 6.08 Å². The van der Waals surface area contributed by atoms with Crippen molar-refractivity contribution in [3.8, 4) is 0 Å². The molecular weight excluding hydrogens is 284 g/mol. The van der Waals surface area contributed by atoms with Crippen molar-refractivity contribution in [2.24, 2.45) is 0 Å². The van der Waals surface area contributed by atoms with Gasteiger partial charge in [0.05, 0.1) is 24.4 Å². The van der Waals surface area contributed by atoms with Crippen LogP contribution in [0.1, 0.15) is 58.3 Å². The number of epoxide rings is 2. The minimum atomic E-state index is 0.437. The summed E-state index contributed by atoms with van der Waals surface area (Å²) in [7, 11) is 0. The predicted molar refractivity (Wildman–Crippen MR) is 97.5 cm³/mol. The van der Waals surface area contributed by atoms with E-state index in [-0.39, 0.29) is 0 Å². The van der Waals surface area contributed by atoms with E-state index in [0.29, 0.717) is 24.4 Å². The third-order valence-corrected chi connectivity index (χ3v) is 4.36. The van der Waals surface area contributed by atoms with E-state index in [2.05, 4.69) is 50.0 Å². The maximum Gasteiger partial charge on any atom is 0.0879 e. The van der Waals surface area contributed by atoms with Crippen LogP contribution in [0.2, 0.25) is 0 Å². The minimum Gasteiger partial charge on any atom is -0.369 e. The molecule has 2 fully saturated rings. The van der Waals surface area contributed by atoms with Crippen LogP contribution in [-0.2, 0) is 9.47 Å². The molecule has 0 saturated carbocycles. The summed E-state index contributed by atoms with van der Waals surface area (Å²) in [6.07, 6.45) is 26.1. The molecule has 4 atom stereocenters. The van der Waals surface area contributed by atoms with Gasteiger partial charge in [-0.25, -0.2) is 0 Å². The third-order valence-electron chi connectivity index (χ3n) is 4.36. The largest absolute Gasteiger partial charge is 0.369 e. The van der Waals surface area contributed by atoms with Crippen LogP contribution in [0.3, 0.4) is 0 Å². The molecule has 0 spiro atoms. The van der Waals surface area contributed by atoms with Crippen LogP contribution in [0.4, 0.5) is 0 Å². The second kappa shape index (κ2) is 10.6. The Labute approximate surface area is 141 Å². The Hall–Kier alpha value is -1.12. The lowest BCUT2D eigenvalue weighted by Crippen LogP contribution is -1.92. The Morgan fingerprint density at radius 2 is 1.17 bits per heavy atom.